The zero-order chi connectivity index (χ0) is 13.0. The molecule has 2 heteroatoms. The van der Waals surface area contributed by atoms with E-state index in [1.807, 2.05) is 0 Å². The molecule has 2 unspecified atom stereocenters. The largest absolute Gasteiger partial charge is 0.319 e. The van der Waals surface area contributed by atoms with Crippen LogP contribution in [0.5, 0.6) is 0 Å². The summed E-state index contributed by atoms with van der Waals surface area (Å²) in [5.74, 6) is 1.62. The minimum atomic E-state index is 0.798. The van der Waals surface area contributed by atoms with Crippen LogP contribution in [0.4, 0.5) is 0 Å². The van der Waals surface area contributed by atoms with Gasteiger partial charge in [-0.15, -0.1) is 0 Å². The zero-order valence-corrected chi connectivity index (χ0v) is 12.3. The van der Waals surface area contributed by atoms with E-state index in [0.717, 1.165) is 29.8 Å². The van der Waals surface area contributed by atoms with E-state index in [-0.39, 0.29) is 0 Å². The topological polar surface area (TPSA) is 12.0 Å². The molecule has 0 aliphatic heterocycles. The molecule has 0 aromatic heterocycles. The SMILES string of the molecule is CNCC1CCCCC1Cc1ccc(C)cc1Cl. The van der Waals surface area contributed by atoms with Crippen LogP contribution in [0, 0.1) is 18.8 Å². The predicted molar refractivity (Wildman–Crippen MR) is 79.3 cm³/mol. The number of nitrogens with one attached hydrogen (secondary N) is 1. The maximum Gasteiger partial charge on any atom is 0.0440 e. The number of hydrogen-bond acceptors (Lipinski definition) is 1. The van der Waals surface area contributed by atoms with Crippen molar-refractivity contribution >= 4 is 11.6 Å². The van der Waals surface area contributed by atoms with Crippen LogP contribution < -0.4 is 5.32 Å². The van der Waals surface area contributed by atoms with Crippen molar-refractivity contribution in [1.29, 1.82) is 0 Å². The number of hydrogen-bond donors (Lipinski definition) is 1. The van der Waals surface area contributed by atoms with Crippen molar-refractivity contribution in [2.24, 2.45) is 11.8 Å². The maximum absolute atomic E-state index is 6.36. The molecule has 0 saturated heterocycles. The van der Waals surface area contributed by atoms with Crippen molar-refractivity contribution in [1.82, 2.24) is 5.32 Å². The molecule has 1 aliphatic carbocycles. The van der Waals surface area contributed by atoms with Gasteiger partial charge in [-0.2, -0.15) is 0 Å². The summed E-state index contributed by atoms with van der Waals surface area (Å²) in [6.45, 7) is 3.24. The first-order valence-electron chi connectivity index (χ1n) is 7.10. The molecular formula is C16H24ClN. The second kappa shape index (κ2) is 6.58. The molecule has 100 valence electrons. The predicted octanol–water partition coefficient (Wildman–Crippen LogP) is 4.22. The summed E-state index contributed by atoms with van der Waals surface area (Å²) in [7, 11) is 2.06. The molecule has 1 fully saturated rings. The first kappa shape index (κ1) is 13.9. The zero-order valence-electron chi connectivity index (χ0n) is 11.5. The third-order valence-corrected chi connectivity index (χ3v) is 4.58. The molecule has 2 rings (SSSR count). The molecule has 0 bridgehead atoms. The molecule has 1 N–H and O–H groups in total. The lowest BCUT2D eigenvalue weighted by Gasteiger charge is -2.31. The van der Waals surface area contributed by atoms with Gasteiger partial charge in [0.15, 0.2) is 0 Å². The fourth-order valence-corrected chi connectivity index (χ4v) is 3.50. The monoisotopic (exact) mass is 265 g/mol. The average molecular weight is 266 g/mol. The maximum atomic E-state index is 6.36. The summed E-state index contributed by atoms with van der Waals surface area (Å²) in [4.78, 5) is 0. The summed E-state index contributed by atoms with van der Waals surface area (Å²) in [6, 6.07) is 6.48. The minimum Gasteiger partial charge on any atom is -0.319 e. The Bertz CT molecular complexity index is 387. The Balaban J connectivity index is 2.06. The molecule has 1 aliphatic rings. The molecule has 1 aromatic rings. The van der Waals surface area contributed by atoms with Crippen molar-refractivity contribution < 1.29 is 0 Å². The third-order valence-electron chi connectivity index (χ3n) is 4.22. The molecule has 0 spiro atoms. The first-order chi connectivity index (χ1) is 8.70. The van der Waals surface area contributed by atoms with Crippen molar-refractivity contribution in [3.8, 4) is 0 Å². The Kier molecular flexibility index (Phi) is 5.08. The molecule has 0 heterocycles. The van der Waals surface area contributed by atoms with Gasteiger partial charge in [0, 0.05) is 5.02 Å². The molecule has 0 amide bonds. The van der Waals surface area contributed by atoms with Crippen molar-refractivity contribution in [3.63, 3.8) is 0 Å². The van der Waals surface area contributed by atoms with E-state index < -0.39 is 0 Å². The van der Waals surface area contributed by atoms with Gasteiger partial charge in [0.2, 0.25) is 0 Å². The fourth-order valence-electron chi connectivity index (χ4n) is 3.18. The van der Waals surface area contributed by atoms with Gasteiger partial charge in [0.1, 0.15) is 0 Å². The van der Waals surface area contributed by atoms with E-state index in [9.17, 15) is 0 Å². The van der Waals surface area contributed by atoms with Gasteiger partial charge in [0.25, 0.3) is 0 Å². The number of aryl methyl sites for hydroxylation is 1. The highest BCUT2D eigenvalue weighted by Gasteiger charge is 2.25. The van der Waals surface area contributed by atoms with Crippen LogP contribution in [-0.2, 0) is 6.42 Å². The van der Waals surface area contributed by atoms with Crippen molar-refractivity contribution in [2.45, 2.75) is 39.0 Å². The first-order valence-corrected chi connectivity index (χ1v) is 7.48. The van der Waals surface area contributed by atoms with Crippen LogP contribution in [0.1, 0.15) is 36.8 Å². The van der Waals surface area contributed by atoms with Gasteiger partial charge in [-0.05, 0) is 68.8 Å². The Hall–Kier alpha value is -0.530. The highest BCUT2D eigenvalue weighted by Crippen LogP contribution is 2.33. The summed E-state index contributed by atoms with van der Waals surface area (Å²) in [6.07, 6.45) is 6.65. The van der Waals surface area contributed by atoms with E-state index >= 15 is 0 Å². The van der Waals surface area contributed by atoms with Gasteiger partial charge >= 0.3 is 0 Å². The van der Waals surface area contributed by atoms with Gasteiger partial charge in [0.05, 0.1) is 0 Å². The van der Waals surface area contributed by atoms with E-state index in [0.29, 0.717) is 0 Å². The van der Waals surface area contributed by atoms with Crippen LogP contribution in [0.2, 0.25) is 5.02 Å². The van der Waals surface area contributed by atoms with Gasteiger partial charge in [-0.25, -0.2) is 0 Å². The van der Waals surface area contributed by atoms with Gasteiger partial charge in [-0.3, -0.25) is 0 Å². The number of benzene rings is 1. The second-order valence-corrected chi connectivity index (χ2v) is 6.07. The molecule has 18 heavy (non-hydrogen) atoms. The Morgan fingerprint density at radius 3 is 2.61 bits per heavy atom. The highest BCUT2D eigenvalue weighted by molar-refractivity contribution is 6.31. The molecule has 2 atom stereocenters. The van der Waals surface area contributed by atoms with Crippen LogP contribution in [-0.4, -0.2) is 13.6 Å². The molecule has 1 aromatic carbocycles. The standard InChI is InChI=1S/C16H24ClN/c1-12-7-8-14(16(17)9-12)10-13-5-3-4-6-15(13)11-18-2/h7-9,13,15,18H,3-6,10-11H2,1-2H3. The minimum absolute atomic E-state index is 0.798. The van der Waals surface area contributed by atoms with Crippen molar-refractivity contribution in [2.75, 3.05) is 13.6 Å². The lowest BCUT2D eigenvalue weighted by Crippen LogP contribution is -2.30. The van der Waals surface area contributed by atoms with Crippen molar-refractivity contribution in [3.05, 3.63) is 34.3 Å². The Morgan fingerprint density at radius 1 is 1.22 bits per heavy atom. The van der Waals surface area contributed by atoms with Crippen LogP contribution in [0.25, 0.3) is 0 Å². The number of rotatable bonds is 4. The Labute approximate surface area is 116 Å². The molecular weight excluding hydrogens is 242 g/mol. The Morgan fingerprint density at radius 2 is 1.94 bits per heavy atom. The summed E-state index contributed by atoms with van der Waals surface area (Å²) in [5.41, 5.74) is 2.58. The molecule has 1 nitrogen and oxygen atoms in total. The van der Waals surface area contributed by atoms with Crippen LogP contribution in [0.15, 0.2) is 18.2 Å². The van der Waals surface area contributed by atoms with E-state index in [1.165, 1.54) is 36.8 Å². The average Bonchev–Trinajstić information content (AvgIpc) is 2.35. The fraction of sp³-hybridized carbons (Fsp3) is 0.625. The lowest BCUT2D eigenvalue weighted by atomic mass is 9.76. The third kappa shape index (κ3) is 3.49. The van der Waals surface area contributed by atoms with Crippen LogP contribution in [0.3, 0.4) is 0 Å². The van der Waals surface area contributed by atoms with Crippen LogP contribution >= 0.6 is 11.6 Å². The van der Waals surface area contributed by atoms with Gasteiger partial charge < -0.3 is 5.32 Å². The summed E-state index contributed by atoms with van der Waals surface area (Å²) in [5, 5.41) is 4.29. The summed E-state index contributed by atoms with van der Waals surface area (Å²) >= 11 is 6.36. The van der Waals surface area contributed by atoms with Gasteiger partial charge in [-0.1, -0.05) is 36.6 Å². The second-order valence-electron chi connectivity index (χ2n) is 5.66. The van der Waals surface area contributed by atoms with E-state index in [2.05, 4.69) is 37.5 Å². The highest BCUT2D eigenvalue weighted by atomic mass is 35.5. The molecule has 0 radical (unpaired) electrons. The summed E-state index contributed by atoms with van der Waals surface area (Å²) < 4.78 is 0. The number of halogens is 1. The van der Waals surface area contributed by atoms with E-state index in [4.69, 9.17) is 11.6 Å². The smallest absolute Gasteiger partial charge is 0.0440 e. The van der Waals surface area contributed by atoms with E-state index in [1.54, 1.807) is 0 Å². The normalized spacial score (nSPS) is 24.2. The lowest BCUT2D eigenvalue weighted by molar-refractivity contribution is 0.232. The molecule has 1 saturated carbocycles. The quantitative estimate of drug-likeness (QED) is 0.860.